The Morgan fingerprint density at radius 1 is 1.17 bits per heavy atom. The molecule has 0 saturated carbocycles. The van der Waals surface area contributed by atoms with Crippen LogP contribution in [0.15, 0.2) is 36.4 Å². The van der Waals surface area contributed by atoms with Crippen LogP contribution in [0.25, 0.3) is 22.3 Å². The van der Waals surface area contributed by atoms with Gasteiger partial charge >= 0.3 is 0 Å². The van der Waals surface area contributed by atoms with E-state index in [0.717, 1.165) is 6.42 Å². The van der Waals surface area contributed by atoms with Gasteiger partial charge in [-0.1, -0.05) is 19.1 Å². The van der Waals surface area contributed by atoms with E-state index in [-0.39, 0.29) is 17.9 Å². The summed E-state index contributed by atoms with van der Waals surface area (Å²) >= 11 is 0. The normalized spacial score (nSPS) is 12.3. The first-order chi connectivity index (χ1) is 11.1. The standard InChI is InChI=1S/C17H17FN4O/c1-3-10(2)23-16-15-14(21-17(19)22-16)8-7-13(20-15)11-5-4-6-12(18)9-11/h4-10H,3H2,1-2H3,(H2,19,21,22). The van der Waals surface area contributed by atoms with Crippen LogP contribution in [0.5, 0.6) is 5.88 Å². The Morgan fingerprint density at radius 2 is 2.00 bits per heavy atom. The van der Waals surface area contributed by atoms with Gasteiger partial charge in [-0.2, -0.15) is 4.98 Å². The molecule has 3 aromatic rings. The molecule has 3 rings (SSSR count). The molecule has 6 heteroatoms. The molecular formula is C17H17FN4O. The fourth-order valence-electron chi connectivity index (χ4n) is 2.17. The van der Waals surface area contributed by atoms with Crippen molar-refractivity contribution in [2.45, 2.75) is 26.4 Å². The molecule has 0 aliphatic carbocycles. The average Bonchev–Trinajstić information content (AvgIpc) is 2.54. The van der Waals surface area contributed by atoms with Crippen molar-refractivity contribution in [1.29, 1.82) is 0 Å². The molecule has 1 aromatic carbocycles. The lowest BCUT2D eigenvalue weighted by molar-refractivity contribution is 0.211. The van der Waals surface area contributed by atoms with E-state index in [9.17, 15) is 4.39 Å². The van der Waals surface area contributed by atoms with Crippen molar-refractivity contribution in [3.05, 3.63) is 42.2 Å². The highest BCUT2D eigenvalue weighted by molar-refractivity contribution is 5.83. The number of benzene rings is 1. The molecule has 0 saturated heterocycles. The minimum Gasteiger partial charge on any atom is -0.473 e. The molecule has 0 bridgehead atoms. The third kappa shape index (κ3) is 3.21. The number of anilines is 1. The molecule has 23 heavy (non-hydrogen) atoms. The van der Waals surface area contributed by atoms with Crippen LogP contribution in [-0.4, -0.2) is 21.1 Å². The largest absolute Gasteiger partial charge is 0.473 e. The van der Waals surface area contributed by atoms with Crippen molar-refractivity contribution in [3.63, 3.8) is 0 Å². The van der Waals surface area contributed by atoms with E-state index >= 15 is 0 Å². The van der Waals surface area contributed by atoms with Crippen molar-refractivity contribution in [2.24, 2.45) is 0 Å². The van der Waals surface area contributed by atoms with Gasteiger partial charge in [0.15, 0.2) is 5.52 Å². The molecule has 0 aliphatic heterocycles. The van der Waals surface area contributed by atoms with Crippen LogP contribution < -0.4 is 10.5 Å². The van der Waals surface area contributed by atoms with Crippen LogP contribution in [0.2, 0.25) is 0 Å². The highest BCUT2D eigenvalue weighted by Gasteiger charge is 2.13. The zero-order valence-electron chi connectivity index (χ0n) is 13.0. The third-order valence-corrected chi connectivity index (χ3v) is 3.54. The van der Waals surface area contributed by atoms with E-state index < -0.39 is 0 Å². The van der Waals surface area contributed by atoms with Gasteiger partial charge in [0.25, 0.3) is 0 Å². The quantitative estimate of drug-likeness (QED) is 0.797. The van der Waals surface area contributed by atoms with Gasteiger partial charge in [-0.25, -0.2) is 14.4 Å². The summed E-state index contributed by atoms with van der Waals surface area (Å²) in [5, 5.41) is 0. The van der Waals surface area contributed by atoms with Gasteiger partial charge in [0.1, 0.15) is 5.82 Å². The van der Waals surface area contributed by atoms with Crippen molar-refractivity contribution < 1.29 is 9.13 Å². The Morgan fingerprint density at radius 3 is 2.74 bits per heavy atom. The fraction of sp³-hybridized carbons (Fsp3) is 0.235. The zero-order chi connectivity index (χ0) is 16.4. The number of nitrogens with two attached hydrogens (primary N) is 1. The number of fused-ring (bicyclic) bond motifs is 1. The summed E-state index contributed by atoms with van der Waals surface area (Å²) in [5.41, 5.74) is 8.14. The van der Waals surface area contributed by atoms with Crippen LogP contribution in [0, 0.1) is 5.82 Å². The van der Waals surface area contributed by atoms with Gasteiger partial charge in [-0.15, -0.1) is 0 Å². The second kappa shape index (κ2) is 6.16. The summed E-state index contributed by atoms with van der Waals surface area (Å²) in [7, 11) is 0. The van der Waals surface area contributed by atoms with E-state index in [1.54, 1.807) is 24.3 Å². The second-order valence-corrected chi connectivity index (χ2v) is 5.30. The lowest BCUT2D eigenvalue weighted by Gasteiger charge is -2.13. The first-order valence-electron chi connectivity index (χ1n) is 7.43. The van der Waals surface area contributed by atoms with Gasteiger partial charge in [0.2, 0.25) is 11.8 Å². The van der Waals surface area contributed by atoms with Gasteiger partial charge in [-0.05, 0) is 37.6 Å². The Kier molecular flexibility index (Phi) is 4.06. The van der Waals surface area contributed by atoms with Gasteiger partial charge in [0, 0.05) is 5.56 Å². The van der Waals surface area contributed by atoms with Crippen LogP contribution >= 0.6 is 0 Å². The molecule has 2 N–H and O–H groups in total. The summed E-state index contributed by atoms with van der Waals surface area (Å²) in [6, 6.07) is 9.82. The summed E-state index contributed by atoms with van der Waals surface area (Å²) in [5.74, 6) is 0.172. The maximum atomic E-state index is 13.4. The average molecular weight is 312 g/mol. The number of nitrogens with zero attached hydrogens (tertiary/aromatic N) is 3. The monoisotopic (exact) mass is 312 g/mol. The van der Waals surface area contributed by atoms with Crippen LogP contribution in [0.4, 0.5) is 10.3 Å². The highest BCUT2D eigenvalue weighted by atomic mass is 19.1. The molecule has 1 atom stereocenters. The molecular weight excluding hydrogens is 295 g/mol. The molecule has 0 amide bonds. The van der Waals surface area contributed by atoms with Crippen molar-refractivity contribution in [2.75, 3.05) is 5.73 Å². The van der Waals surface area contributed by atoms with Gasteiger partial charge in [-0.3, -0.25) is 0 Å². The molecule has 0 aliphatic rings. The van der Waals surface area contributed by atoms with Gasteiger partial charge in [0.05, 0.1) is 17.3 Å². The predicted octanol–water partition coefficient (Wildman–Crippen LogP) is 3.59. The van der Waals surface area contributed by atoms with Crippen molar-refractivity contribution >= 4 is 17.0 Å². The molecule has 0 spiro atoms. The number of halogens is 1. The topological polar surface area (TPSA) is 73.9 Å². The maximum Gasteiger partial charge on any atom is 0.245 e. The third-order valence-electron chi connectivity index (χ3n) is 3.54. The van der Waals surface area contributed by atoms with Crippen LogP contribution in [-0.2, 0) is 0 Å². The highest BCUT2D eigenvalue weighted by Crippen LogP contribution is 2.27. The van der Waals surface area contributed by atoms with E-state index in [4.69, 9.17) is 10.5 Å². The van der Waals surface area contributed by atoms with E-state index in [0.29, 0.717) is 28.2 Å². The Bertz CT molecular complexity index is 853. The number of ether oxygens (including phenoxy) is 1. The first-order valence-corrected chi connectivity index (χ1v) is 7.43. The number of hydrogen-bond acceptors (Lipinski definition) is 5. The summed E-state index contributed by atoms with van der Waals surface area (Å²) < 4.78 is 19.2. The SMILES string of the molecule is CCC(C)Oc1nc(N)nc2ccc(-c3cccc(F)c3)nc12. The van der Waals surface area contributed by atoms with Crippen molar-refractivity contribution in [1.82, 2.24) is 15.0 Å². The Labute approximate surface area is 133 Å². The summed E-state index contributed by atoms with van der Waals surface area (Å²) in [6.45, 7) is 3.96. The number of hydrogen-bond donors (Lipinski definition) is 1. The summed E-state index contributed by atoms with van der Waals surface area (Å²) in [4.78, 5) is 12.9. The smallest absolute Gasteiger partial charge is 0.245 e. The van der Waals surface area contributed by atoms with E-state index in [1.165, 1.54) is 12.1 Å². The molecule has 5 nitrogen and oxygen atoms in total. The van der Waals surface area contributed by atoms with E-state index in [2.05, 4.69) is 15.0 Å². The Balaban J connectivity index is 2.13. The number of pyridine rings is 1. The molecule has 118 valence electrons. The fourth-order valence-corrected chi connectivity index (χ4v) is 2.17. The molecule has 2 heterocycles. The summed E-state index contributed by atoms with van der Waals surface area (Å²) in [6.07, 6.45) is 0.807. The second-order valence-electron chi connectivity index (χ2n) is 5.30. The minimum atomic E-state index is -0.311. The Hall–Kier alpha value is -2.76. The molecule has 0 radical (unpaired) electrons. The van der Waals surface area contributed by atoms with Gasteiger partial charge < -0.3 is 10.5 Å². The van der Waals surface area contributed by atoms with Crippen LogP contribution in [0.1, 0.15) is 20.3 Å². The number of aromatic nitrogens is 3. The lowest BCUT2D eigenvalue weighted by Crippen LogP contribution is -2.12. The first kappa shape index (κ1) is 15.1. The molecule has 2 aromatic heterocycles. The number of rotatable bonds is 4. The van der Waals surface area contributed by atoms with Crippen molar-refractivity contribution in [3.8, 4) is 17.1 Å². The predicted molar refractivity (Wildman–Crippen MR) is 87.5 cm³/mol. The lowest BCUT2D eigenvalue weighted by atomic mass is 10.1. The van der Waals surface area contributed by atoms with Crippen LogP contribution in [0.3, 0.4) is 0 Å². The number of nitrogen functional groups attached to an aromatic ring is 1. The molecule has 1 unspecified atom stereocenters. The van der Waals surface area contributed by atoms with E-state index in [1.807, 2.05) is 13.8 Å². The molecule has 0 fully saturated rings. The zero-order valence-corrected chi connectivity index (χ0v) is 13.0. The minimum absolute atomic E-state index is 0.0212. The maximum absolute atomic E-state index is 13.4.